The smallest absolute Gasteiger partial charge is 0.355 e. The Labute approximate surface area is 207 Å². The van der Waals surface area contributed by atoms with Crippen molar-refractivity contribution in [3.63, 3.8) is 0 Å². The second-order valence-corrected chi connectivity index (χ2v) is 10.4. The summed E-state index contributed by atoms with van der Waals surface area (Å²) in [6.07, 6.45) is 1.13. The Hall–Kier alpha value is -2.40. The summed E-state index contributed by atoms with van der Waals surface area (Å²) in [6, 6.07) is 7.74. The van der Waals surface area contributed by atoms with Crippen LogP contribution in [0.2, 0.25) is 0 Å². The van der Waals surface area contributed by atoms with Crippen molar-refractivity contribution in [3.05, 3.63) is 52.8 Å². The van der Waals surface area contributed by atoms with Crippen LogP contribution in [0.15, 0.2) is 52.8 Å². The summed E-state index contributed by atoms with van der Waals surface area (Å²) in [5, 5.41) is 1.90. The monoisotopic (exact) mass is 534 g/mol. The van der Waals surface area contributed by atoms with Gasteiger partial charge in [-0.1, -0.05) is 64.8 Å². The number of carbonyl (C=O) groups excluding carboxylic acids is 4. The number of benzene rings is 1. The Morgan fingerprint density at radius 3 is 2.58 bits per heavy atom. The van der Waals surface area contributed by atoms with Crippen molar-refractivity contribution in [2.45, 2.75) is 22.1 Å². The van der Waals surface area contributed by atoms with Gasteiger partial charge in [0.1, 0.15) is 35.7 Å². The van der Waals surface area contributed by atoms with E-state index in [0.717, 1.165) is 18.0 Å². The number of alkyl halides is 3. The summed E-state index contributed by atoms with van der Waals surface area (Å²) in [4.78, 5) is 50.0. The van der Waals surface area contributed by atoms with Gasteiger partial charge in [-0.2, -0.15) is 0 Å². The van der Waals surface area contributed by atoms with E-state index in [9.17, 15) is 19.2 Å². The molecule has 2 aliphatic heterocycles. The topological polar surface area (TPSA) is 111 Å². The lowest BCUT2D eigenvalue weighted by Crippen LogP contribution is -2.70. The molecule has 2 aliphatic rings. The van der Waals surface area contributed by atoms with Gasteiger partial charge in [0.05, 0.1) is 0 Å². The molecule has 2 heterocycles. The first-order chi connectivity index (χ1) is 15.6. The normalized spacial score (nSPS) is 21.2. The molecule has 1 unspecified atom stereocenters. The van der Waals surface area contributed by atoms with E-state index in [-0.39, 0.29) is 18.8 Å². The molecule has 1 fully saturated rings. The standard InChI is InChI=1S/C20H17Cl3N2O7S/c1-11-13(7-30-10-26)33-18-15(24-14(27)8-31-12-5-3-2-4-6-12)17(28)25(18)16(11)19(29)32-9-20(21,22)23/h2-7,10,15,18H,8-9H2,1H3,(H,24,27)/b13-7+/t15?,18-/m1/s1. The van der Waals surface area contributed by atoms with Crippen LogP contribution in [0.5, 0.6) is 5.75 Å². The fraction of sp³-hybridized carbons (Fsp3) is 0.300. The molecule has 2 amide bonds. The lowest BCUT2D eigenvalue weighted by Gasteiger charge is -2.49. The highest BCUT2D eigenvalue weighted by molar-refractivity contribution is 8.04. The number of hydrogen-bond donors (Lipinski definition) is 1. The molecular weight excluding hydrogens is 519 g/mol. The Morgan fingerprint density at radius 2 is 1.94 bits per heavy atom. The second-order valence-electron chi connectivity index (χ2n) is 6.74. The molecule has 1 saturated heterocycles. The quantitative estimate of drug-likeness (QED) is 0.178. The maximum absolute atomic E-state index is 12.8. The van der Waals surface area contributed by atoms with Crippen LogP contribution < -0.4 is 10.1 Å². The van der Waals surface area contributed by atoms with E-state index in [2.05, 4.69) is 5.32 Å². The molecule has 1 aromatic carbocycles. The minimum atomic E-state index is -1.85. The molecule has 33 heavy (non-hydrogen) atoms. The summed E-state index contributed by atoms with van der Waals surface area (Å²) >= 11 is 18.0. The third-order valence-electron chi connectivity index (χ3n) is 4.48. The summed E-state index contributed by atoms with van der Waals surface area (Å²) in [7, 11) is 0. The number of para-hydroxylation sites is 1. The van der Waals surface area contributed by atoms with Crippen LogP contribution in [-0.4, -0.2) is 57.6 Å². The van der Waals surface area contributed by atoms with Crippen LogP contribution in [-0.2, 0) is 28.7 Å². The summed E-state index contributed by atoms with van der Waals surface area (Å²) < 4.78 is 13.3. The zero-order valence-electron chi connectivity index (χ0n) is 17.0. The number of thioether (sulfide) groups is 1. The van der Waals surface area contributed by atoms with E-state index < -0.39 is 39.6 Å². The zero-order chi connectivity index (χ0) is 24.2. The minimum Gasteiger partial charge on any atom is -0.484 e. The predicted molar refractivity (Wildman–Crippen MR) is 121 cm³/mol. The van der Waals surface area contributed by atoms with Crippen molar-refractivity contribution in [2.75, 3.05) is 13.2 Å². The van der Waals surface area contributed by atoms with Crippen LogP contribution >= 0.6 is 46.6 Å². The van der Waals surface area contributed by atoms with Gasteiger partial charge in [-0.25, -0.2) is 4.79 Å². The maximum Gasteiger partial charge on any atom is 0.355 e. The molecule has 1 N–H and O–H groups in total. The number of ether oxygens (including phenoxy) is 3. The number of amides is 2. The number of carbonyl (C=O) groups is 4. The first-order valence-corrected chi connectivity index (χ1v) is 11.3. The minimum absolute atomic E-state index is 0.107. The first kappa shape index (κ1) is 25.2. The fourth-order valence-corrected chi connectivity index (χ4v) is 4.47. The number of rotatable bonds is 8. The summed E-state index contributed by atoms with van der Waals surface area (Å²) in [5.41, 5.74) is 0.211. The number of esters is 1. The van der Waals surface area contributed by atoms with Crippen LogP contribution in [0.3, 0.4) is 0 Å². The number of halogens is 3. The Bertz CT molecular complexity index is 1010. The van der Waals surface area contributed by atoms with E-state index in [1.807, 2.05) is 0 Å². The summed E-state index contributed by atoms with van der Waals surface area (Å²) in [6.45, 7) is 0.894. The first-order valence-electron chi connectivity index (χ1n) is 9.33. The average Bonchev–Trinajstić information content (AvgIpc) is 2.78. The number of hydrogen-bond acceptors (Lipinski definition) is 8. The number of β-lactam (4-membered cyclic amide) rings is 1. The highest BCUT2D eigenvalue weighted by atomic mass is 35.6. The summed E-state index contributed by atoms with van der Waals surface area (Å²) in [5.74, 6) is -1.48. The molecule has 176 valence electrons. The molecule has 3 rings (SSSR count). The van der Waals surface area contributed by atoms with E-state index in [0.29, 0.717) is 16.2 Å². The molecule has 0 aliphatic carbocycles. The molecular formula is C20H17Cl3N2O7S. The highest BCUT2D eigenvalue weighted by Crippen LogP contribution is 2.46. The van der Waals surface area contributed by atoms with Crippen molar-refractivity contribution >= 4 is 70.8 Å². The molecule has 0 radical (unpaired) electrons. The predicted octanol–water partition coefficient (Wildman–Crippen LogP) is 2.67. The van der Waals surface area contributed by atoms with Gasteiger partial charge in [-0.15, -0.1) is 0 Å². The molecule has 13 heteroatoms. The molecule has 0 aromatic heterocycles. The maximum atomic E-state index is 12.8. The van der Waals surface area contributed by atoms with Crippen LogP contribution in [0.4, 0.5) is 0 Å². The van der Waals surface area contributed by atoms with Gasteiger partial charge in [0, 0.05) is 4.91 Å². The lowest BCUT2D eigenvalue weighted by molar-refractivity contribution is -0.153. The van der Waals surface area contributed by atoms with Crippen molar-refractivity contribution in [1.82, 2.24) is 10.2 Å². The number of fused-ring (bicyclic) bond motifs is 1. The van der Waals surface area contributed by atoms with Gasteiger partial charge in [-0.3, -0.25) is 19.3 Å². The van der Waals surface area contributed by atoms with Gasteiger partial charge in [0.25, 0.3) is 18.3 Å². The Morgan fingerprint density at radius 1 is 1.24 bits per heavy atom. The SMILES string of the molecule is CC1=C(C(=O)OCC(Cl)(Cl)Cl)N2C(=O)C(NC(=O)COc3ccccc3)[C@H]2S/C1=C/OC=O. The van der Waals surface area contributed by atoms with Gasteiger partial charge in [-0.05, 0) is 24.6 Å². The fourth-order valence-electron chi connectivity index (χ4n) is 3.02. The number of allylic oxidation sites excluding steroid dienone is 1. The molecule has 0 saturated carbocycles. The van der Waals surface area contributed by atoms with Crippen LogP contribution in [0, 0.1) is 0 Å². The molecule has 2 atom stereocenters. The number of nitrogens with zero attached hydrogens (tertiary/aromatic N) is 1. The van der Waals surface area contributed by atoms with E-state index >= 15 is 0 Å². The van der Waals surface area contributed by atoms with Crippen molar-refractivity contribution in [3.8, 4) is 5.75 Å². The van der Waals surface area contributed by atoms with E-state index in [1.54, 1.807) is 37.3 Å². The lowest BCUT2D eigenvalue weighted by atomic mass is 10.0. The van der Waals surface area contributed by atoms with Gasteiger partial charge >= 0.3 is 5.97 Å². The molecule has 1 aromatic rings. The van der Waals surface area contributed by atoms with Gasteiger partial charge in [0.2, 0.25) is 3.79 Å². The van der Waals surface area contributed by atoms with Crippen molar-refractivity contribution in [1.29, 1.82) is 0 Å². The van der Waals surface area contributed by atoms with Crippen molar-refractivity contribution < 1.29 is 33.4 Å². The molecule has 0 spiro atoms. The van der Waals surface area contributed by atoms with E-state index in [4.69, 9.17) is 49.0 Å². The third kappa shape index (κ3) is 6.14. The van der Waals surface area contributed by atoms with Gasteiger partial charge in [0.15, 0.2) is 6.61 Å². The Balaban J connectivity index is 1.74. The largest absolute Gasteiger partial charge is 0.484 e. The van der Waals surface area contributed by atoms with Crippen molar-refractivity contribution in [2.24, 2.45) is 0 Å². The number of nitrogens with one attached hydrogen (secondary N) is 1. The van der Waals surface area contributed by atoms with Gasteiger partial charge < -0.3 is 19.5 Å². The molecule has 0 bridgehead atoms. The van der Waals surface area contributed by atoms with Crippen LogP contribution in [0.1, 0.15) is 6.92 Å². The highest BCUT2D eigenvalue weighted by Gasteiger charge is 2.55. The second kappa shape index (κ2) is 10.7. The average molecular weight is 536 g/mol. The molecule has 9 nitrogen and oxygen atoms in total. The Kier molecular flexibility index (Phi) is 8.17. The van der Waals surface area contributed by atoms with Crippen LogP contribution in [0.25, 0.3) is 0 Å². The zero-order valence-corrected chi connectivity index (χ0v) is 20.0. The third-order valence-corrected chi connectivity index (χ3v) is 6.19. The van der Waals surface area contributed by atoms with E-state index in [1.165, 1.54) is 4.90 Å².